The predicted molar refractivity (Wildman–Crippen MR) is 104 cm³/mol. The topological polar surface area (TPSA) is 45.5 Å². The highest BCUT2D eigenvalue weighted by atomic mass is 32.1. The molecule has 4 nitrogen and oxygen atoms in total. The zero-order valence-corrected chi connectivity index (χ0v) is 16.8. The van der Waals surface area contributed by atoms with Crippen molar-refractivity contribution in [2.75, 3.05) is 6.54 Å². The first-order valence-corrected chi connectivity index (χ1v) is 9.82. The Labute approximate surface area is 155 Å². The van der Waals surface area contributed by atoms with E-state index in [2.05, 4.69) is 43.1 Å². The van der Waals surface area contributed by atoms with Crippen LogP contribution in [0.2, 0.25) is 0 Å². The molecule has 1 N–H and O–H groups in total. The zero-order chi connectivity index (χ0) is 18.4. The SMILES string of the molecule is Cc1ccc(CN(CCC(C)C)Cc2ccc(C(=O)NC(C)C)o2)s1. The molecule has 2 aromatic heterocycles. The quantitative estimate of drug-likeness (QED) is 0.694. The van der Waals surface area contributed by atoms with Crippen molar-refractivity contribution >= 4 is 17.2 Å². The van der Waals surface area contributed by atoms with E-state index in [9.17, 15) is 4.79 Å². The first-order valence-electron chi connectivity index (χ1n) is 9.00. The van der Waals surface area contributed by atoms with Crippen LogP contribution in [0, 0.1) is 12.8 Å². The van der Waals surface area contributed by atoms with Gasteiger partial charge in [0.25, 0.3) is 5.91 Å². The molecule has 2 rings (SSSR count). The van der Waals surface area contributed by atoms with Gasteiger partial charge in [-0.25, -0.2) is 0 Å². The number of carbonyl (C=O) groups excluding carboxylic acids is 1. The zero-order valence-electron chi connectivity index (χ0n) is 16.0. The highest BCUT2D eigenvalue weighted by Crippen LogP contribution is 2.20. The molecule has 1 amide bonds. The first-order chi connectivity index (χ1) is 11.8. The van der Waals surface area contributed by atoms with E-state index in [4.69, 9.17) is 4.42 Å². The van der Waals surface area contributed by atoms with Crippen LogP contribution >= 0.6 is 11.3 Å². The molecule has 5 heteroatoms. The lowest BCUT2D eigenvalue weighted by atomic mass is 10.1. The number of nitrogens with one attached hydrogen (secondary N) is 1. The van der Waals surface area contributed by atoms with Gasteiger partial charge in [-0.05, 0) is 63.9 Å². The van der Waals surface area contributed by atoms with Crippen molar-refractivity contribution in [1.29, 1.82) is 0 Å². The lowest BCUT2D eigenvalue weighted by Crippen LogP contribution is -2.29. The van der Waals surface area contributed by atoms with Gasteiger partial charge in [0.05, 0.1) is 6.54 Å². The Kier molecular flexibility index (Phi) is 7.26. The van der Waals surface area contributed by atoms with Gasteiger partial charge in [0.15, 0.2) is 5.76 Å². The summed E-state index contributed by atoms with van der Waals surface area (Å²) in [6.45, 7) is 13.2. The van der Waals surface area contributed by atoms with Gasteiger partial charge in [-0.15, -0.1) is 11.3 Å². The molecule has 0 saturated carbocycles. The molecule has 2 heterocycles. The van der Waals surface area contributed by atoms with Gasteiger partial charge >= 0.3 is 0 Å². The average molecular weight is 363 g/mol. The van der Waals surface area contributed by atoms with Crippen LogP contribution < -0.4 is 5.32 Å². The van der Waals surface area contributed by atoms with E-state index >= 15 is 0 Å². The number of rotatable bonds is 9. The minimum Gasteiger partial charge on any atom is -0.455 e. The van der Waals surface area contributed by atoms with Crippen LogP contribution in [0.3, 0.4) is 0 Å². The lowest BCUT2D eigenvalue weighted by molar-refractivity contribution is 0.0911. The summed E-state index contributed by atoms with van der Waals surface area (Å²) in [5.41, 5.74) is 0. The van der Waals surface area contributed by atoms with E-state index in [1.54, 1.807) is 6.07 Å². The average Bonchev–Trinajstić information content (AvgIpc) is 3.13. The summed E-state index contributed by atoms with van der Waals surface area (Å²) in [5.74, 6) is 1.74. The molecule has 0 unspecified atom stereocenters. The summed E-state index contributed by atoms with van der Waals surface area (Å²) in [6.07, 6.45) is 1.14. The van der Waals surface area contributed by atoms with Crippen LogP contribution in [0.25, 0.3) is 0 Å². The largest absolute Gasteiger partial charge is 0.455 e. The number of nitrogens with zero attached hydrogens (tertiary/aromatic N) is 1. The number of hydrogen-bond donors (Lipinski definition) is 1. The molecule has 0 radical (unpaired) electrons. The number of carbonyl (C=O) groups is 1. The number of hydrogen-bond acceptors (Lipinski definition) is 4. The van der Waals surface area contributed by atoms with Crippen molar-refractivity contribution in [3.8, 4) is 0 Å². The Hall–Kier alpha value is -1.59. The van der Waals surface area contributed by atoms with Crippen molar-refractivity contribution in [3.05, 3.63) is 45.5 Å². The molecule has 0 fully saturated rings. The fraction of sp³-hybridized carbons (Fsp3) is 0.550. The van der Waals surface area contributed by atoms with Crippen LogP contribution in [0.4, 0.5) is 0 Å². The van der Waals surface area contributed by atoms with Gasteiger partial charge in [0.1, 0.15) is 5.76 Å². The standard InChI is InChI=1S/C20H30N2O2S/c1-14(2)10-11-22(13-18-8-6-16(5)25-18)12-17-7-9-19(24-17)20(23)21-15(3)4/h6-9,14-15H,10-13H2,1-5H3,(H,21,23). The van der Waals surface area contributed by atoms with Gasteiger partial charge in [-0.1, -0.05) is 13.8 Å². The minimum absolute atomic E-state index is 0.102. The van der Waals surface area contributed by atoms with E-state index in [0.717, 1.165) is 31.8 Å². The summed E-state index contributed by atoms with van der Waals surface area (Å²) in [7, 11) is 0. The Morgan fingerprint density at radius 3 is 2.52 bits per heavy atom. The number of amides is 1. The number of thiophene rings is 1. The minimum atomic E-state index is -0.149. The van der Waals surface area contributed by atoms with Crippen molar-refractivity contribution in [1.82, 2.24) is 10.2 Å². The maximum absolute atomic E-state index is 12.0. The van der Waals surface area contributed by atoms with Crippen LogP contribution in [-0.2, 0) is 13.1 Å². The highest BCUT2D eigenvalue weighted by molar-refractivity contribution is 7.11. The molecule has 0 saturated heterocycles. The van der Waals surface area contributed by atoms with E-state index in [1.165, 1.54) is 9.75 Å². The summed E-state index contributed by atoms with van der Waals surface area (Å²) >= 11 is 1.84. The van der Waals surface area contributed by atoms with Gasteiger partial charge in [0.2, 0.25) is 0 Å². The second-order valence-corrected chi connectivity index (χ2v) is 8.67. The second kappa shape index (κ2) is 9.20. The second-order valence-electron chi connectivity index (χ2n) is 7.30. The molecule has 0 bridgehead atoms. The molecule has 138 valence electrons. The van der Waals surface area contributed by atoms with Gasteiger partial charge in [0, 0.05) is 22.3 Å². The van der Waals surface area contributed by atoms with Crippen molar-refractivity contribution in [2.24, 2.45) is 5.92 Å². The van der Waals surface area contributed by atoms with Crippen molar-refractivity contribution < 1.29 is 9.21 Å². The summed E-state index contributed by atoms with van der Waals surface area (Å²) in [4.78, 5) is 17.1. The Morgan fingerprint density at radius 2 is 1.92 bits per heavy atom. The van der Waals surface area contributed by atoms with E-state index in [0.29, 0.717) is 11.7 Å². The maximum atomic E-state index is 12.0. The molecule has 0 spiro atoms. The van der Waals surface area contributed by atoms with Gasteiger partial charge < -0.3 is 9.73 Å². The van der Waals surface area contributed by atoms with E-state index < -0.39 is 0 Å². The third-order valence-corrected chi connectivity index (χ3v) is 4.87. The van der Waals surface area contributed by atoms with Gasteiger partial charge in [-0.2, -0.15) is 0 Å². The molecule has 25 heavy (non-hydrogen) atoms. The van der Waals surface area contributed by atoms with E-state index in [1.807, 2.05) is 31.3 Å². The monoisotopic (exact) mass is 362 g/mol. The Morgan fingerprint density at radius 1 is 1.16 bits per heavy atom. The third-order valence-electron chi connectivity index (χ3n) is 3.88. The first kappa shape index (κ1) is 19.7. The Bertz CT molecular complexity index is 673. The normalized spacial score (nSPS) is 11.7. The van der Waals surface area contributed by atoms with Crippen LogP contribution in [-0.4, -0.2) is 23.4 Å². The lowest BCUT2D eigenvalue weighted by Gasteiger charge is -2.21. The molecular weight excluding hydrogens is 332 g/mol. The maximum Gasteiger partial charge on any atom is 0.287 e. The molecule has 0 aromatic carbocycles. The third kappa shape index (κ3) is 6.67. The number of furan rings is 1. The molecule has 0 atom stereocenters. The van der Waals surface area contributed by atoms with Crippen LogP contribution in [0.15, 0.2) is 28.7 Å². The molecule has 0 aliphatic heterocycles. The van der Waals surface area contributed by atoms with E-state index in [-0.39, 0.29) is 11.9 Å². The summed E-state index contributed by atoms with van der Waals surface area (Å²) in [5, 5.41) is 2.86. The number of aryl methyl sites for hydroxylation is 1. The smallest absolute Gasteiger partial charge is 0.287 e. The highest BCUT2D eigenvalue weighted by Gasteiger charge is 2.15. The fourth-order valence-electron chi connectivity index (χ4n) is 2.58. The predicted octanol–water partition coefficient (Wildman–Crippen LogP) is 4.84. The molecule has 0 aliphatic carbocycles. The van der Waals surface area contributed by atoms with Crippen LogP contribution in [0.1, 0.15) is 60.2 Å². The van der Waals surface area contributed by atoms with Gasteiger partial charge in [-0.3, -0.25) is 9.69 Å². The summed E-state index contributed by atoms with van der Waals surface area (Å²) < 4.78 is 5.78. The molecular formula is C20H30N2O2S. The van der Waals surface area contributed by atoms with Crippen LogP contribution in [0.5, 0.6) is 0 Å². The Balaban J connectivity index is 2.02. The van der Waals surface area contributed by atoms with Crippen molar-refractivity contribution in [3.63, 3.8) is 0 Å². The van der Waals surface area contributed by atoms with Crippen molar-refractivity contribution in [2.45, 2.75) is 60.2 Å². The fourth-order valence-corrected chi connectivity index (χ4v) is 3.52. The molecule has 2 aromatic rings. The molecule has 0 aliphatic rings. The summed E-state index contributed by atoms with van der Waals surface area (Å²) in [6, 6.07) is 8.15.